The van der Waals surface area contributed by atoms with Gasteiger partial charge in [-0.1, -0.05) is 12.1 Å². The minimum Gasteiger partial charge on any atom is -0.459 e. The summed E-state index contributed by atoms with van der Waals surface area (Å²) in [7, 11) is 0. The van der Waals surface area contributed by atoms with E-state index in [1.165, 1.54) is 18.4 Å². The van der Waals surface area contributed by atoms with Crippen LogP contribution in [0.2, 0.25) is 0 Å². The second kappa shape index (κ2) is 7.68. The Bertz CT molecular complexity index is 966. The first-order chi connectivity index (χ1) is 13.6. The molecular formula is C22H19FN2O3. The first-order valence-corrected chi connectivity index (χ1v) is 9.13. The molecule has 1 atom stereocenters. The molecule has 1 aliphatic rings. The van der Waals surface area contributed by atoms with Gasteiger partial charge in [0, 0.05) is 17.8 Å². The van der Waals surface area contributed by atoms with Crippen LogP contribution in [0, 0.1) is 5.82 Å². The number of rotatable bonds is 4. The molecule has 2 heterocycles. The SMILES string of the molecule is O=C(Nc1ccc(C(=O)N2CCC[C@H]2c2ccc(F)cc2)cc1)c1ccco1. The molecule has 2 amide bonds. The fraction of sp³-hybridized carbons (Fsp3) is 0.182. The number of halogens is 1. The number of hydrogen-bond acceptors (Lipinski definition) is 3. The van der Waals surface area contributed by atoms with Crippen molar-refractivity contribution in [3.8, 4) is 0 Å². The Morgan fingerprint density at radius 2 is 1.79 bits per heavy atom. The molecule has 4 rings (SSSR count). The van der Waals surface area contributed by atoms with E-state index in [-0.39, 0.29) is 29.4 Å². The summed E-state index contributed by atoms with van der Waals surface area (Å²) in [6.45, 7) is 0.665. The smallest absolute Gasteiger partial charge is 0.291 e. The number of furan rings is 1. The van der Waals surface area contributed by atoms with Crippen molar-refractivity contribution >= 4 is 17.5 Å². The van der Waals surface area contributed by atoms with E-state index in [1.807, 2.05) is 4.90 Å². The number of amides is 2. The van der Waals surface area contributed by atoms with Crippen molar-refractivity contribution in [3.05, 3.63) is 89.6 Å². The van der Waals surface area contributed by atoms with Crippen molar-refractivity contribution < 1.29 is 18.4 Å². The minimum absolute atomic E-state index is 0.0496. The fourth-order valence-corrected chi connectivity index (χ4v) is 3.50. The quantitative estimate of drug-likeness (QED) is 0.719. The van der Waals surface area contributed by atoms with Crippen LogP contribution in [0.4, 0.5) is 10.1 Å². The van der Waals surface area contributed by atoms with Gasteiger partial charge in [-0.15, -0.1) is 0 Å². The van der Waals surface area contributed by atoms with Crippen LogP contribution in [0.15, 0.2) is 71.3 Å². The van der Waals surface area contributed by atoms with Crippen molar-refractivity contribution in [3.63, 3.8) is 0 Å². The molecule has 1 aromatic heterocycles. The van der Waals surface area contributed by atoms with Crippen LogP contribution in [0.25, 0.3) is 0 Å². The second-order valence-electron chi connectivity index (χ2n) is 6.72. The molecule has 0 bridgehead atoms. The first kappa shape index (κ1) is 18.0. The molecule has 0 spiro atoms. The van der Waals surface area contributed by atoms with Crippen molar-refractivity contribution in [2.45, 2.75) is 18.9 Å². The van der Waals surface area contributed by atoms with E-state index in [9.17, 15) is 14.0 Å². The average Bonchev–Trinajstić information content (AvgIpc) is 3.41. The summed E-state index contributed by atoms with van der Waals surface area (Å²) in [6.07, 6.45) is 3.20. The summed E-state index contributed by atoms with van der Waals surface area (Å²) in [5.74, 6) is -0.484. The molecule has 28 heavy (non-hydrogen) atoms. The van der Waals surface area contributed by atoms with Gasteiger partial charge in [-0.25, -0.2) is 4.39 Å². The summed E-state index contributed by atoms with van der Waals surface area (Å²) < 4.78 is 18.3. The lowest BCUT2D eigenvalue weighted by molar-refractivity contribution is 0.0735. The summed E-state index contributed by atoms with van der Waals surface area (Å²) in [4.78, 5) is 26.8. The minimum atomic E-state index is -0.347. The topological polar surface area (TPSA) is 62.6 Å². The Kier molecular flexibility index (Phi) is 4.93. The maximum atomic E-state index is 13.2. The van der Waals surface area contributed by atoms with Crippen molar-refractivity contribution in [1.29, 1.82) is 0 Å². The molecular weight excluding hydrogens is 359 g/mol. The number of nitrogens with zero attached hydrogens (tertiary/aromatic N) is 1. The standard InChI is InChI=1S/C22H19FN2O3/c23-17-9-5-15(6-10-17)19-3-1-13-25(19)22(27)16-7-11-18(12-8-16)24-21(26)20-4-2-14-28-20/h2,4-12,14,19H,1,3,13H2,(H,24,26)/t19-/m0/s1. The van der Waals surface area contributed by atoms with Crippen LogP contribution >= 0.6 is 0 Å². The summed E-state index contributed by atoms with van der Waals surface area (Å²) in [5.41, 5.74) is 2.06. The zero-order valence-corrected chi connectivity index (χ0v) is 15.1. The third-order valence-corrected chi connectivity index (χ3v) is 4.90. The van der Waals surface area contributed by atoms with Crippen LogP contribution in [-0.2, 0) is 0 Å². The van der Waals surface area contributed by atoms with Gasteiger partial charge in [-0.05, 0) is 66.9 Å². The van der Waals surface area contributed by atoms with Crippen LogP contribution in [-0.4, -0.2) is 23.3 Å². The van der Waals surface area contributed by atoms with E-state index in [4.69, 9.17) is 4.42 Å². The van der Waals surface area contributed by atoms with Gasteiger partial charge in [0.05, 0.1) is 12.3 Å². The normalized spacial score (nSPS) is 16.2. The third-order valence-electron chi connectivity index (χ3n) is 4.90. The number of nitrogens with one attached hydrogen (secondary N) is 1. The first-order valence-electron chi connectivity index (χ1n) is 9.13. The van der Waals surface area contributed by atoms with Gasteiger partial charge in [0.15, 0.2) is 5.76 Å². The molecule has 0 aliphatic carbocycles. The monoisotopic (exact) mass is 378 g/mol. The lowest BCUT2D eigenvalue weighted by atomic mass is 10.0. The highest BCUT2D eigenvalue weighted by Gasteiger charge is 2.30. The van der Waals surface area contributed by atoms with Crippen molar-refractivity contribution in [2.75, 3.05) is 11.9 Å². The third kappa shape index (κ3) is 3.67. The van der Waals surface area contributed by atoms with Crippen LogP contribution in [0.5, 0.6) is 0 Å². The number of carbonyl (C=O) groups excluding carboxylic acids is 2. The lowest BCUT2D eigenvalue weighted by Crippen LogP contribution is -2.30. The van der Waals surface area contributed by atoms with Crippen molar-refractivity contribution in [1.82, 2.24) is 4.90 Å². The fourth-order valence-electron chi connectivity index (χ4n) is 3.50. The number of anilines is 1. The zero-order chi connectivity index (χ0) is 19.5. The van der Waals surface area contributed by atoms with Crippen molar-refractivity contribution in [2.24, 2.45) is 0 Å². The molecule has 142 valence electrons. The molecule has 1 N–H and O–H groups in total. The van der Waals surface area contributed by atoms with E-state index in [0.717, 1.165) is 18.4 Å². The Morgan fingerprint density at radius 1 is 1.04 bits per heavy atom. The predicted molar refractivity (Wildman–Crippen MR) is 103 cm³/mol. The van der Waals surface area contributed by atoms with E-state index < -0.39 is 0 Å². The Morgan fingerprint density at radius 3 is 2.46 bits per heavy atom. The van der Waals surface area contributed by atoms with E-state index in [0.29, 0.717) is 17.8 Å². The zero-order valence-electron chi connectivity index (χ0n) is 15.1. The Hall–Kier alpha value is -3.41. The van der Waals surface area contributed by atoms with Crippen LogP contribution in [0.1, 0.15) is 45.4 Å². The van der Waals surface area contributed by atoms with Gasteiger partial charge in [0.1, 0.15) is 5.82 Å². The molecule has 6 heteroatoms. The highest BCUT2D eigenvalue weighted by Crippen LogP contribution is 2.33. The number of benzene rings is 2. The van der Waals surface area contributed by atoms with E-state index in [1.54, 1.807) is 48.5 Å². The number of carbonyl (C=O) groups is 2. The summed E-state index contributed by atoms with van der Waals surface area (Å²) in [5, 5.41) is 2.73. The second-order valence-corrected chi connectivity index (χ2v) is 6.72. The number of likely N-dealkylation sites (tertiary alicyclic amines) is 1. The molecule has 5 nitrogen and oxygen atoms in total. The Labute approximate surface area is 161 Å². The maximum Gasteiger partial charge on any atom is 0.291 e. The maximum absolute atomic E-state index is 13.2. The lowest BCUT2D eigenvalue weighted by Gasteiger charge is -2.25. The highest BCUT2D eigenvalue weighted by atomic mass is 19.1. The van der Waals surface area contributed by atoms with Crippen LogP contribution in [0.3, 0.4) is 0 Å². The molecule has 3 aromatic rings. The van der Waals surface area contributed by atoms with Gasteiger partial charge in [0.25, 0.3) is 11.8 Å². The van der Waals surface area contributed by atoms with Gasteiger partial charge < -0.3 is 14.6 Å². The van der Waals surface area contributed by atoms with E-state index >= 15 is 0 Å². The number of hydrogen-bond donors (Lipinski definition) is 1. The Balaban J connectivity index is 1.47. The average molecular weight is 378 g/mol. The summed E-state index contributed by atoms with van der Waals surface area (Å²) in [6, 6.07) is 16.3. The predicted octanol–water partition coefficient (Wildman–Crippen LogP) is 4.65. The van der Waals surface area contributed by atoms with Gasteiger partial charge in [-0.2, -0.15) is 0 Å². The molecule has 0 saturated carbocycles. The van der Waals surface area contributed by atoms with Gasteiger partial charge in [-0.3, -0.25) is 9.59 Å². The largest absolute Gasteiger partial charge is 0.459 e. The molecule has 0 radical (unpaired) electrons. The highest BCUT2D eigenvalue weighted by molar-refractivity contribution is 6.02. The van der Waals surface area contributed by atoms with E-state index in [2.05, 4.69) is 5.32 Å². The van der Waals surface area contributed by atoms with Gasteiger partial charge >= 0.3 is 0 Å². The molecule has 1 fully saturated rings. The van der Waals surface area contributed by atoms with Crippen LogP contribution < -0.4 is 5.32 Å². The molecule has 2 aromatic carbocycles. The van der Waals surface area contributed by atoms with Gasteiger partial charge in [0.2, 0.25) is 0 Å². The molecule has 1 saturated heterocycles. The molecule has 1 aliphatic heterocycles. The molecule has 0 unspecified atom stereocenters. The summed E-state index contributed by atoms with van der Waals surface area (Å²) >= 11 is 0.